The van der Waals surface area contributed by atoms with E-state index in [1.165, 1.54) is 0 Å². The van der Waals surface area contributed by atoms with Gasteiger partial charge in [0.1, 0.15) is 17.8 Å². The van der Waals surface area contributed by atoms with Gasteiger partial charge in [-0.05, 0) is 24.3 Å². The topological polar surface area (TPSA) is 52.8 Å². The average molecular weight is 302 g/mol. The van der Waals surface area contributed by atoms with Gasteiger partial charge in [0.25, 0.3) is 0 Å². The maximum absolute atomic E-state index is 5.21. The Labute approximate surface area is 133 Å². The van der Waals surface area contributed by atoms with Gasteiger partial charge < -0.3 is 4.74 Å². The third kappa shape index (κ3) is 2.32. The zero-order chi connectivity index (χ0) is 15.6. The highest BCUT2D eigenvalue weighted by Gasteiger charge is 2.14. The molecule has 4 rings (SSSR count). The molecule has 0 fully saturated rings. The van der Waals surface area contributed by atoms with Crippen LogP contribution in [0.1, 0.15) is 0 Å². The van der Waals surface area contributed by atoms with Crippen LogP contribution >= 0.6 is 0 Å². The monoisotopic (exact) mass is 302 g/mol. The number of benzene rings is 2. The fourth-order valence-corrected chi connectivity index (χ4v) is 2.57. The molecule has 2 heterocycles. The molecule has 2 aromatic heterocycles. The quantitative estimate of drug-likeness (QED) is 0.581. The first-order chi connectivity index (χ1) is 11.4. The fourth-order valence-electron chi connectivity index (χ4n) is 2.57. The number of ether oxygens (including phenoxy) is 1. The molecule has 0 bridgehead atoms. The number of nitrogens with zero attached hydrogens (tertiary/aromatic N) is 4. The Hall–Kier alpha value is -3.21. The molecule has 23 heavy (non-hydrogen) atoms. The van der Waals surface area contributed by atoms with Crippen molar-refractivity contribution < 1.29 is 4.74 Å². The molecule has 112 valence electrons. The van der Waals surface area contributed by atoms with Crippen molar-refractivity contribution in [2.45, 2.75) is 0 Å². The van der Waals surface area contributed by atoms with Crippen LogP contribution in [0.4, 0.5) is 0 Å². The molecule has 0 radical (unpaired) electrons. The molecule has 0 unspecified atom stereocenters. The zero-order valence-electron chi connectivity index (χ0n) is 12.5. The molecule has 2 aromatic carbocycles. The summed E-state index contributed by atoms with van der Waals surface area (Å²) in [5, 5.41) is 5.68. The van der Waals surface area contributed by atoms with Crippen LogP contribution in [0.5, 0.6) is 5.75 Å². The zero-order valence-corrected chi connectivity index (χ0v) is 12.5. The number of hydrogen-bond donors (Lipinski definition) is 0. The molecule has 5 heteroatoms. The van der Waals surface area contributed by atoms with Crippen LogP contribution in [0, 0.1) is 0 Å². The van der Waals surface area contributed by atoms with Gasteiger partial charge in [-0.3, -0.25) is 0 Å². The van der Waals surface area contributed by atoms with Crippen molar-refractivity contribution in [1.29, 1.82) is 0 Å². The molecule has 0 aliphatic rings. The van der Waals surface area contributed by atoms with Crippen molar-refractivity contribution in [2.75, 3.05) is 7.11 Å². The highest BCUT2D eigenvalue weighted by Crippen LogP contribution is 2.28. The molecular formula is C18H14N4O. The minimum atomic E-state index is 0.781. The van der Waals surface area contributed by atoms with Crippen molar-refractivity contribution in [2.24, 2.45) is 0 Å². The van der Waals surface area contributed by atoms with Gasteiger partial charge >= 0.3 is 0 Å². The van der Waals surface area contributed by atoms with E-state index in [0.29, 0.717) is 0 Å². The van der Waals surface area contributed by atoms with E-state index in [-0.39, 0.29) is 0 Å². The molecule has 0 aliphatic carbocycles. The van der Waals surface area contributed by atoms with Gasteiger partial charge in [-0.2, -0.15) is 5.10 Å². The van der Waals surface area contributed by atoms with E-state index in [0.717, 1.165) is 33.7 Å². The Morgan fingerprint density at radius 3 is 2.48 bits per heavy atom. The summed E-state index contributed by atoms with van der Waals surface area (Å²) in [5.41, 5.74) is 3.62. The van der Waals surface area contributed by atoms with E-state index in [1.54, 1.807) is 19.6 Å². The molecule has 0 aliphatic heterocycles. The van der Waals surface area contributed by atoms with Crippen molar-refractivity contribution in [3.05, 3.63) is 67.1 Å². The Morgan fingerprint density at radius 1 is 0.957 bits per heavy atom. The summed E-state index contributed by atoms with van der Waals surface area (Å²) in [5.74, 6) is 0.808. The lowest BCUT2D eigenvalue weighted by Crippen LogP contribution is -1.98. The van der Waals surface area contributed by atoms with Crippen molar-refractivity contribution in [3.8, 4) is 22.7 Å². The summed E-state index contributed by atoms with van der Waals surface area (Å²) in [4.78, 5) is 8.55. The van der Waals surface area contributed by atoms with Crippen LogP contribution in [0.2, 0.25) is 0 Å². The number of rotatable bonds is 3. The number of aromatic nitrogens is 4. The normalized spacial score (nSPS) is 10.8. The van der Waals surface area contributed by atoms with E-state index in [2.05, 4.69) is 9.97 Å². The molecule has 0 spiro atoms. The fraction of sp³-hybridized carbons (Fsp3) is 0.0556. The van der Waals surface area contributed by atoms with Gasteiger partial charge in [0, 0.05) is 11.8 Å². The van der Waals surface area contributed by atoms with Crippen molar-refractivity contribution >= 4 is 11.0 Å². The van der Waals surface area contributed by atoms with Gasteiger partial charge in [-0.25, -0.2) is 14.6 Å². The Bertz CT molecular complexity index is 946. The Balaban J connectivity index is 1.93. The molecule has 0 atom stereocenters. The molecule has 0 N–H and O–H groups in total. The largest absolute Gasteiger partial charge is 0.497 e. The second-order valence-corrected chi connectivity index (χ2v) is 5.08. The van der Waals surface area contributed by atoms with Crippen LogP contribution in [-0.2, 0) is 0 Å². The van der Waals surface area contributed by atoms with E-state index >= 15 is 0 Å². The Kier molecular flexibility index (Phi) is 3.24. The highest BCUT2D eigenvalue weighted by molar-refractivity contribution is 5.91. The Morgan fingerprint density at radius 2 is 1.74 bits per heavy atom. The van der Waals surface area contributed by atoms with E-state index < -0.39 is 0 Å². The molecule has 0 saturated carbocycles. The maximum atomic E-state index is 5.21. The van der Waals surface area contributed by atoms with Crippen LogP contribution in [-0.4, -0.2) is 26.9 Å². The van der Waals surface area contributed by atoms with Gasteiger partial charge in [-0.15, -0.1) is 0 Å². The number of methoxy groups -OCH3 is 1. The van der Waals surface area contributed by atoms with Crippen LogP contribution < -0.4 is 4.74 Å². The van der Waals surface area contributed by atoms with Gasteiger partial charge in [0.2, 0.25) is 0 Å². The maximum Gasteiger partial charge on any atom is 0.166 e. The van der Waals surface area contributed by atoms with E-state index in [4.69, 9.17) is 9.84 Å². The van der Waals surface area contributed by atoms with E-state index in [1.807, 2.05) is 59.3 Å². The third-order valence-electron chi connectivity index (χ3n) is 3.71. The molecule has 5 nitrogen and oxygen atoms in total. The first-order valence-corrected chi connectivity index (χ1v) is 7.25. The summed E-state index contributed by atoms with van der Waals surface area (Å²) in [7, 11) is 1.65. The van der Waals surface area contributed by atoms with E-state index in [9.17, 15) is 0 Å². The van der Waals surface area contributed by atoms with Crippen LogP contribution in [0.15, 0.2) is 67.1 Å². The SMILES string of the molecule is COc1ccc(-n2nc(-c3ccccc3)c3cncnc32)cc1. The average Bonchev–Trinajstić information content (AvgIpc) is 3.02. The smallest absolute Gasteiger partial charge is 0.166 e. The predicted octanol–water partition coefficient (Wildman–Crippen LogP) is 3.49. The van der Waals surface area contributed by atoms with Crippen LogP contribution in [0.25, 0.3) is 28.0 Å². The first kappa shape index (κ1) is 13.5. The molecule has 4 aromatic rings. The summed E-state index contributed by atoms with van der Waals surface area (Å²) in [6, 6.07) is 17.8. The number of hydrogen-bond acceptors (Lipinski definition) is 4. The number of fused-ring (bicyclic) bond motifs is 1. The predicted molar refractivity (Wildman–Crippen MR) is 88.6 cm³/mol. The lowest BCUT2D eigenvalue weighted by Gasteiger charge is -2.04. The van der Waals surface area contributed by atoms with Gasteiger partial charge in [0.15, 0.2) is 5.65 Å². The second kappa shape index (κ2) is 5.53. The third-order valence-corrected chi connectivity index (χ3v) is 3.71. The highest BCUT2D eigenvalue weighted by atomic mass is 16.5. The standard InChI is InChI=1S/C18H14N4O/c1-23-15-9-7-14(8-10-15)22-18-16(11-19-12-20-18)17(21-22)13-5-3-2-4-6-13/h2-12H,1H3. The first-order valence-electron chi connectivity index (χ1n) is 7.25. The van der Waals surface area contributed by atoms with Gasteiger partial charge in [0.05, 0.1) is 18.2 Å². The van der Waals surface area contributed by atoms with Gasteiger partial charge in [-0.1, -0.05) is 30.3 Å². The molecular weight excluding hydrogens is 288 g/mol. The minimum Gasteiger partial charge on any atom is -0.497 e. The summed E-state index contributed by atoms with van der Waals surface area (Å²) in [6.07, 6.45) is 3.34. The lowest BCUT2D eigenvalue weighted by molar-refractivity contribution is 0.414. The summed E-state index contributed by atoms with van der Waals surface area (Å²) in [6.45, 7) is 0. The van der Waals surface area contributed by atoms with Crippen molar-refractivity contribution in [1.82, 2.24) is 19.7 Å². The summed E-state index contributed by atoms with van der Waals surface area (Å²) >= 11 is 0. The summed E-state index contributed by atoms with van der Waals surface area (Å²) < 4.78 is 7.04. The molecule has 0 saturated heterocycles. The minimum absolute atomic E-state index is 0.781. The second-order valence-electron chi connectivity index (χ2n) is 5.08. The molecule has 0 amide bonds. The van der Waals surface area contributed by atoms with Crippen molar-refractivity contribution in [3.63, 3.8) is 0 Å². The lowest BCUT2D eigenvalue weighted by atomic mass is 10.1. The van der Waals surface area contributed by atoms with Crippen LogP contribution in [0.3, 0.4) is 0 Å².